The average molecular weight is 462 g/mol. The van der Waals surface area contributed by atoms with E-state index >= 15 is 0 Å². The molecule has 1 aliphatic heterocycles. The summed E-state index contributed by atoms with van der Waals surface area (Å²) in [6.07, 6.45) is 5.00. The van der Waals surface area contributed by atoms with Crippen LogP contribution in [0.2, 0.25) is 0 Å². The van der Waals surface area contributed by atoms with Crippen LogP contribution in [0.4, 0.5) is 10.2 Å². The molecule has 1 fully saturated rings. The van der Waals surface area contributed by atoms with Crippen molar-refractivity contribution in [2.24, 2.45) is 0 Å². The fourth-order valence-corrected chi connectivity index (χ4v) is 4.64. The Labute approximate surface area is 193 Å². The number of H-pyrrole nitrogens is 1. The van der Waals surface area contributed by atoms with Crippen molar-refractivity contribution < 1.29 is 9.50 Å². The number of piperidine rings is 1. The van der Waals surface area contributed by atoms with E-state index in [9.17, 15) is 9.50 Å². The first kappa shape index (κ1) is 23.9. The predicted octanol–water partition coefficient (Wildman–Crippen LogP) is 3.94. The van der Waals surface area contributed by atoms with Crippen LogP contribution in [-0.2, 0) is 0 Å². The molecule has 0 saturated carbocycles. The number of aromatic hydroxyl groups is 1. The molecule has 172 valence electrons. The second-order valence-corrected chi connectivity index (χ2v) is 9.54. The molecule has 32 heavy (non-hydrogen) atoms. The van der Waals surface area contributed by atoms with Crippen LogP contribution in [0.25, 0.3) is 22.5 Å². The number of aromatic amines is 1. The molecule has 0 unspecified atom stereocenters. The summed E-state index contributed by atoms with van der Waals surface area (Å²) in [5.41, 5.74) is 1.25. The van der Waals surface area contributed by atoms with Gasteiger partial charge in [-0.1, -0.05) is 6.07 Å². The molecule has 0 radical (unpaired) electrons. The molecule has 10 heteroatoms. The number of aromatic nitrogens is 5. The highest BCUT2D eigenvalue weighted by Gasteiger charge is 2.39. The van der Waals surface area contributed by atoms with Crippen LogP contribution in [0.3, 0.4) is 0 Å². The van der Waals surface area contributed by atoms with E-state index in [0.29, 0.717) is 28.8 Å². The average Bonchev–Trinajstić information content (AvgIpc) is 3.11. The highest BCUT2D eigenvalue weighted by molar-refractivity contribution is 5.85. The number of nitrogens with zero attached hydrogens (tertiary/aromatic N) is 5. The van der Waals surface area contributed by atoms with Crippen LogP contribution in [-0.4, -0.2) is 54.7 Å². The first-order chi connectivity index (χ1) is 14.5. The largest absolute Gasteiger partial charge is 0.507 e. The van der Waals surface area contributed by atoms with Crippen molar-refractivity contribution in [2.45, 2.75) is 57.7 Å². The normalized spacial score (nSPS) is 17.6. The van der Waals surface area contributed by atoms with Gasteiger partial charge in [-0.2, -0.15) is 9.49 Å². The maximum absolute atomic E-state index is 13.7. The van der Waals surface area contributed by atoms with Gasteiger partial charge in [0, 0.05) is 24.2 Å². The molecule has 2 aromatic heterocycles. The minimum Gasteiger partial charge on any atom is -0.507 e. The molecule has 0 spiro atoms. The molecule has 0 amide bonds. The van der Waals surface area contributed by atoms with Crippen molar-refractivity contribution in [3.05, 3.63) is 36.5 Å². The maximum Gasteiger partial charge on any atom is 0.216 e. The molecule has 3 N–H and O–H groups in total. The number of anilines is 1. The summed E-state index contributed by atoms with van der Waals surface area (Å²) in [5.74, 6) is 0.378. The summed E-state index contributed by atoms with van der Waals surface area (Å²) < 4.78 is 13.7. The number of phenols is 1. The molecule has 1 aromatic carbocycles. The van der Waals surface area contributed by atoms with Crippen LogP contribution < -0.4 is 10.2 Å². The molecule has 0 bridgehead atoms. The molecule has 0 atom stereocenters. The van der Waals surface area contributed by atoms with Crippen molar-refractivity contribution in [1.82, 2.24) is 30.7 Å². The van der Waals surface area contributed by atoms with Gasteiger partial charge >= 0.3 is 0 Å². The number of rotatable bonds is 4. The third-order valence-electron chi connectivity index (χ3n) is 5.77. The Morgan fingerprint density at radius 3 is 2.28 bits per heavy atom. The monoisotopic (exact) mass is 461 g/mol. The van der Waals surface area contributed by atoms with E-state index in [1.165, 1.54) is 12.3 Å². The number of halogens is 2. The van der Waals surface area contributed by atoms with E-state index in [1.54, 1.807) is 18.3 Å². The Kier molecular flexibility index (Phi) is 6.44. The molecule has 4 rings (SSSR count). The van der Waals surface area contributed by atoms with Crippen molar-refractivity contribution >= 4 is 18.2 Å². The second kappa shape index (κ2) is 8.63. The smallest absolute Gasteiger partial charge is 0.216 e. The van der Waals surface area contributed by atoms with Gasteiger partial charge in [0.25, 0.3) is 0 Å². The fourth-order valence-electron chi connectivity index (χ4n) is 4.64. The number of phenolic OH excluding ortho intramolecular Hbond substituents is 1. The predicted molar refractivity (Wildman–Crippen MR) is 124 cm³/mol. The zero-order valence-electron chi connectivity index (χ0n) is 18.8. The van der Waals surface area contributed by atoms with Crippen molar-refractivity contribution in [1.29, 1.82) is 0 Å². The Balaban J connectivity index is 0.00000289. The Morgan fingerprint density at radius 2 is 1.75 bits per heavy atom. The zero-order valence-corrected chi connectivity index (χ0v) is 19.7. The highest BCUT2D eigenvalue weighted by Crippen LogP contribution is 2.34. The van der Waals surface area contributed by atoms with Gasteiger partial charge in [-0.3, -0.25) is 5.10 Å². The molecule has 0 aliphatic carbocycles. The summed E-state index contributed by atoms with van der Waals surface area (Å²) in [6.45, 7) is 8.85. The molecular formula is C22H29ClFN7O. The van der Waals surface area contributed by atoms with E-state index < -0.39 is 5.95 Å². The molecule has 1 aliphatic rings. The summed E-state index contributed by atoms with van der Waals surface area (Å²) in [6, 6.07) is 5.10. The lowest BCUT2D eigenvalue weighted by Crippen LogP contribution is -2.62. The van der Waals surface area contributed by atoms with Crippen LogP contribution in [0, 0.1) is 5.95 Å². The Bertz CT molecular complexity index is 1070. The first-order valence-electron chi connectivity index (χ1n) is 10.3. The number of hydrogen-bond acceptors (Lipinski definition) is 7. The van der Waals surface area contributed by atoms with Crippen LogP contribution in [0.15, 0.2) is 30.6 Å². The zero-order chi connectivity index (χ0) is 22.4. The summed E-state index contributed by atoms with van der Waals surface area (Å²) in [7, 11) is 2.01. The standard InChI is InChI=1S/C22H28FN7O.ClH/c1-21(2)9-14(10-22(3,4)29-21)30(5)18-12-24-20(28-26-18)15-7-6-13(8-17(15)31)16-11-25-27-19(16)23;/h6-8,11-12,14,29,31H,9-10H2,1-5H3,(H,25,27);1H. The molecule has 3 aromatic rings. The van der Waals surface area contributed by atoms with Crippen LogP contribution in [0.5, 0.6) is 5.75 Å². The van der Waals surface area contributed by atoms with Gasteiger partial charge in [-0.05, 0) is 58.2 Å². The minimum absolute atomic E-state index is 0. The molecule has 3 heterocycles. The van der Waals surface area contributed by atoms with Gasteiger partial charge < -0.3 is 15.3 Å². The first-order valence-corrected chi connectivity index (χ1v) is 10.3. The minimum atomic E-state index is -0.554. The topological polar surface area (TPSA) is 103 Å². The SMILES string of the molecule is CN(c1cnc(-c2ccc(-c3cn[nH]c3F)cc2O)nn1)C1CC(C)(C)NC(C)(C)C1.Cl. The lowest BCUT2D eigenvalue weighted by Gasteiger charge is -2.49. The molecule has 8 nitrogen and oxygen atoms in total. The van der Waals surface area contributed by atoms with E-state index in [2.05, 4.69) is 63.3 Å². The van der Waals surface area contributed by atoms with Crippen LogP contribution >= 0.6 is 12.4 Å². The third kappa shape index (κ3) is 4.83. The quantitative estimate of drug-likeness (QED) is 0.540. The van der Waals surface area contributed by atoms with Gasteiger partial charge in [-0.25, -0.2) is 4.98 Å². The third-order valence-corrected chi connectivity index (χ3v) is 5.77. The number of hydrogen-bond donors (Lipinski definition) is 3. The summed E-state index contributed by atoms with van der Waals surface area (Å²) in [4.78, 5) is 6.55. The summed E-state index contributed by atoms with van der Waals surface area (Å²) >= 11 is 0. The van der Waals surface area contributed by atoms with Gasteiger partial charge in [-0.15, -0.1) is 22.6 Å². The molecule has 1 saturated heterocycles. The van der Waals surface area contributed by atoms with Gasteiger partial charge in [0.15, 0.2) is 11.6 Å². The van der Waals surface area contributed by atoms with Gasteiger partial charge in [0.05, 0.1) is 23.5 Å². The Morgan fingerprint density at radius 1 is 1.06 bits per heavy atom. The van der Waals surface area contributed by atoms with E-state index in [1.807, 2.05) is 7.05 Å². The van der Waals surface area contributed by atoms with Crippen molar-refractivity contribution in [3.8, 4) is 28.3 Å². The Hall–Kier alpha value is -2.78. The lowest BCUT2D eigenvalue weighted by molar-refractivity contribution is 0.160. The number of nitrogens with one attached hydrogen (secondary N) is 2. The fraction of sp³-hybridized carbons (Fsp3) is 0.455. The second-order valence-electron chi connectivity index (χ2n) is 9.54. The van der Waals surface area contributed by atoms with Crippen LogP contribution in [0.1, 0.15) is 40.5 Å². The van der Waals surface area contributed by atoms with Gasteiger partial charge in [0.1, 0.15) is 5.75 Å². The number of benzene rings is 1. The van der Waals surface area contributed by atoms with E-state index in [4.69, 9.17) is 0 Å². The summed E-state index contributed by atoms with van der Waals surface area (Å²) in [5, 5.41) is 28.7. The highest BCUT2D eigenvalue weighted by atomic mass is 35.5. The van der Waals surface area contributed by atoms with Crippen molar-refractivity contribution in [3.63, 3.8) is 0 Å². The molecular weight excluding hydrogens is 433 g/mol. The maximum atomic E-state index is 13.7. The van der Waals surface area contributed by atoms with E-state index in [0.717, 1.165) is 12.8 Å². The van der Waals surface area contributed by atoms with Gasteiger partial charge in [0.2, 0.25) is 5.95 Å². The van der Waals surface area contributed by atoms with Crippen molar-refractivity contribution in [2.75, 3.05) is 11.9 Å². The lowest BCUT2D eigenvalue weighted by atomic mass is 9.79. The van der Waals surface area contributed by atoms with E-state index in [-0.39, 0.29) is 34.8 Å².